The number of likely N-dealkylation sites (tertiary alicyclic amines) is 1. The molecule has 1 aromatic rings. The zero-order chi connectivity index (χ0) is 20.1. The second kappa shape index (κ2) is 9.44. The average molecular weight is 425 g/mol. The van der Waals surface area contributed by atoms with Crippen LogP contribution in [-0.2, 0) is 4.74 Å². The normalized spacial score (nSPS) is 21.8. The molecule has 1 atom stereocenters. The quantitative estimate of drug-likeness (QED) is 0.660. The van der Waals surface area contributed by atoms with Crippen molar-refractivity contribution < 1.29 is 14.2 Å². The molecule has 2 aliphatic rings. The van der Waals surface area contributed by atoms with Crippen molar-refractivity contribution in [3.63, 3.8) is 0 Å². The number of dihydropyridines is 1. The van der Waals surface area contributed by atoms with Crippen LogP contribution < -0.4 is 14.8 Å². The molecule has 0 aromatic heterocycles. The highest BCUT2D eigenvalue weighted by molar-refractivity contribution is 7.99. The van der Waals surface area contributed by atoms with Gasteiger partial charge in [-0.1, -0.05) is 17.7 Å². The Bertz CT molecular complexity index is 714. The zero-order valence-corrected chi connectivity index (χ0v) is 18.5. The lowest BCUT2D eigenvalue weighted by molar-refractivity contribution is 0.0164. The summed E-state index contributed by atoms with van der Waals surface area (Å²) in [5.74, 6) is 1.23. The van der Waals surface area contributed by atoms with E-state index >= 15 is 0 Å². The minimum atomic E-state index is -0.0200. The molecule has 0 amide bonds. The maximum absolute atomic E-state index is 6.31. The third-order valence-electron chi connectivity index (χ3n) is 5.55. The van der Waals surface area contributed by atoms with Crippen molar-refractivity contribution in [2.24, 2.45) is 0 Å². The molecule has 0 radical (unpaired) electrons. The number of ether oxygens (including phenoxy) is 3. The predicted octanol–water partition coefficient (Wildman–Crippen LogP) is 4.24. The Balaban J connectivity index is 1.71. The molecule has 5 nitrogen and oxygen atoms in total. The molecule has 28 heavy (non-hydrogen) atoms. The molecule has 1 fully saturated rings. The van der Waals surface area contributed by atoms with E-state index in [1.54, 1.807) is 14.2 Å². The van der Waals surface area contributed by atoms with Crippen molar-refractivity contribution >= 4 is 23.4 Å². The lowest BCUT2D eigenvalue weighted by atomic mass is 9.99. The van der Waals surface area contributed by atoms with Crippen LogP contribution in [-0.4, -0.2) is 57.1 Å². The van der Waals surface area contributed by atoms with Gasteiger partial charge in [0.05, 0.1) is 20.3 Å². The topological polar surface area (TPSA) is 43.0 Å². The van der Waals surface area contributed by atoms with Crippen molar-refractivity contribution in [2.45, 2.75) is 23.8 Å². The SMILES string of the molecule is COc1cc(C2C=C(CN3CCC(OC)(SC)CC3)C=CN2)cc(OC)c1Cl. The number of nitrogens with zero attached hydrogens (tertiary/aromatic N) is 1. The van der Waals surface area contributed by atoms with E-state index in [9.17, 15) is 0 Å². The van der Waals surface area contributed by atoms with E-state index in [1.807, 2.05) is 37.2 Å². The van der Waals surface area contributed by atoms with Gasteiger partial charge in [-0.25, -0.2) is 0 Å². The first-order valence-electron chi connectivity index (χ1n) is 9.41. The monoisotopic (exact) mass is 424 g/mol. The van der Waals surface area contributed by atoms with E-state index in [0.29, 0.717) is 16.5 Å². The van der Waals surface area contributed by atoms with Crippen LogP contribution in [0.1, 0.15) is 24.4 Å². The van der Waals surface area contributed by atoms with Crippen LogP contribution in [0.25, 0.3) is 0 Å². The molecular formula is C21H29ClN2O3S. The first-order chi connectivity index (χ1) is 13.5. The largest absolute Gasteiger partial charge is 0.495 e. The van der Waals surface area contributed by atoms with Gasteiger partial charge in [0.2, 0.25) is 0 Å². The Kier molecular flexibility index (Phi) is 7.20. The van der Waals surface area contributed by atoms with Gasteiger partial charge in [-0.3, -0.25) is 4.90 Å². The summed E-state index contributed by atoms with van der Waals surface area (Å²) < 4.78 is 16.6. The Hall–Kier alpha value is -1.34. The minimum Gasteiger partial charge on any atom is -0.495 e. The van der Waals surface area contributed by atoms with E-state index in [4.69, 9.17) is 25.8 Å². The number of methoxy groups -OCH3 is 3. The van der Waals surface area contributed by atoms with Gasteiger partial charge in [-0.05, 0) is 54.6 Å². The summed E-state index contributed by atoms with van der Waals surface area (Å²) in [5, 5.41) is 3.90. The Morgan fingerprint density at radius 2 is 1.82 bits per heavy atom. The van der Waals surface area contributed by atoms with Crippen LogP contribution in [0.5, 0.6) is 11.5 Å². The molecule has 1 N–H and O–H groups in total. The molecule has 0 saturated carbocycles. The number of hydrogen-bond acceptors (Lipinski definition) is 6. The van der Waals surface area contributed by atoms with E-state index < -0.39 is 0 Å². The fraction of sp³-hybridized carbons (Fsp3) is 0.524. The number of piperidine rings is 1. The molecule has 1 aromatic carbocycles. The fourth-order valence-electron chi connectivity index (χ4n) is 3.75. The van der Waals surface area contributed by atoms with Gasteiger partial charge < -0.3 is 19.5 Å². The third-order valence-corrected chi connectivity index (χ3v) is 7.24. The maximum atomic E-state index is 6.31. The molecule has 2 aliphatic heterocycles. The van der Waals surface area contributed by atoms with E-state index in [1.165, 1.54) is 5.57 Å². The van der Waals surface area contributed by atoms with Crippen molar-refractivity contribution in [1.29, 1.82) is 0 Å². The number of benzene rings is 1. The predicted molar refractivity (Wildman–Crippen MR) is 117 cm³/mol. The molecule has 0 spiro atoms. The second-order valence-electron chi connectivity index (χ2n) is 7.05. The van der Waals surface area contributed by atoms with Crippen LogP contribution in [0.2, 0.25) is 5.02 Å². The van der Waals surface area contributed by atoms with Crippen molar-refractivity contribution in [1.82, 2.24) is 10.2 Å². The van der Waals surface area contributed by atoms with Crippen LogP contribution in [0.15, 0.2) is 36.1 Å². The van der Waals surface area contributed by atoms with Gasteiger partial charge >= 0.3 is 0 Å². The maximum Gasteiger partial charge on any atom is 0.141 e. The number of thioether (sulfide) groups is 1. The van der Waals surface area contributed by atoms with Crippen LogP contribution in [0.4, 0.5) is 0 Å². The van der Waals surface area contributed by atoms with Crippen LogP contribution in [0.3, 0.4) is 0 Å². The highest BCUT2D eigenvalue weighted by atomic mass is 35.5. The number of rotatable bonds is 7. The molecule has 1 unspecified atom stereocenters. The fourth-order valence-corrected chi connectivity index (χ4v) is 4.77. The van der Waals surface area contributed by atoms with Gasteiger partial charge in [0.1, 0.15) is 21.5 Å². The minimum absolute atomic E-state index is 0.0200. The molecule has 2 heterocycles. The summed E-state index contributed by atoms with van der Waals surface area (Å²) in [7, 11) is 5.05. The molecule has 7 heteroatoms. The van der Waals surface area contributed by atoms with Crippen molar-refractivity contribution in [3.8, 4) is 11.5 Å². The molecule has 0 aliphatic carbocycles. The van der Waals surface area contributed by atoms with Crippen molar-refractivity contribution in [3.05, 3.63) is 46.6 Å². The standard InChI is InChI=1S/C21H29ClN2O3S/c1-25-18-12-16(13-19(26-2)20(18)22)17-11-15(5-8-23-17)14-24-9-6-21(27-3,28-4)7-10-24/h5,8,11-13,17,23H,6-7,9-10,14H2,1-4H3. The summed E-state index contributed by atoms with van der Waals surface area (Å²) in [5.41, 5.74) is 2.35. The van der Waals surface area contributed by atoms with Gasteiger partial charge in [-0.15, -0.1) is 11.8 Å². The zero-order valence-electron chi connectivity index (χ0n) is 17.0. The van der Waals surface area contributed by atoms with E-state index in [2.05, 4.69) is 28.6 Å². The van der Waals surface area contributed by atoms with Gasteiger partial charge in [-0.2, -0.15) is 0 Å². The molecule has 3 rings (SSSR count). The smallest absolute Gasteiger partial charge is 0.141 e. The Morgan fingerprint density at radius 1 is 1.18 bits per heavy atom. The van der Waals surface area contributed by atoms with Gasteiger partial charge in [0.25, 0.3) is 0 Å². The molecule has 0 bridgehead atoms. The number of halogens is 1. The summed E-state index contributed by atoms with van der Waals surface area (Å²) in [6, 6.07) is 3.97. The molecule has 1 saturated heterocycles. The lowest BCUT2D eigenvalue weighted by Crippen LogP contribution is -2.44. The van der Waals surface area contributed by atoms with Crippen LogP contribution >= 0.6 is 23.4 Å². The number of nitrogens with one attached hydrogen (secondary N) is 1. The summed E-state index contributed by atoms with van der Waals surface area (Å²) >= 11 is 8.13. The van der Waals surface area contributed by atoms with Crippen molar-refractivity contribution in [2.75, 3.05) is 47.2 Å². The first kappa shape index (κ1) is 21.4. The van der Waals surface area contributed by atoms with Crippen LogP contribution in [0, 0.1) is 0 Å². The average Bonchev–Trinajstić information content (AvgIpc) is 2.75. The third kappa shape index (κ3) is 4.62. The highest BCUT2D eigenvalue weighted by Gasteiger charge is 2.33. The second-order valence-corrected chi connectivity index (χ2v) is 8.58. The summed E-state index contributed by atoms with van der Waals surface area (Å²) in [4.78, 5) is 2.48. The molecular weight excluding hydrogens is 396 g/mol. The Morgan fingerprint density at radius 3 is 2.36 bits per heavy atom. The highest BCUT2D eigenvalue weighted by Crippen LogP contribution is 2.38. The Labute approximate surface area is 177 Å². The first-order valence-corrected chi connectivity index (χ1v) is 11.0. The number of hydrogen-bond donors (Lipinski definition) is 1. The summed E-state index contributed by atoms with van der Waals surface area (Å²) in [6.45, 7) is 3.02. The lowest BCUT2D eigenvalue weighted by Gasteiger charge is -2.40. The van der Waals surface area contributed by atoms with E-state index in [0.717, 1.165) is 38.0 Å². The van der Waals surface area contributed by atoms with E-state index in [-0.39, 0.29) is 11.0 Å². The molecule has 154 valence electrons. The summed E-state index contributed by atoms with van der Waals surface area (Å²) in [6.07, 6.45) is 10.7. The van der Waals surface area contributed by atoms with Gasteiger partial charge in [0, 0.05) is 26.7 Å². The van der Waals surface area contributed by atoms with Gasteiger partial charge in [0.15, 0.2) is 0 Å².